The summed E-state index contributed by atoms with van der Waals surface area (Å²) in [6.07, 6.45) is 1.76. The van der Waals surface area contributed by atoms with Crippen LogP contribution in [-0.4, -0.2) is 23.0 Å². The molecule has 0 amide bonds. The van der Waals surface area contributed by atoms with Crippen LogP contribution in [0.15, 0.2) is 6.20 Å². The Morgan fingerprint density at radius 3 is 2.86 bits per heavy atom. The molecule has 1 aromatic rings. The standard InChI is InChI=1S/C10H18FN3/c1-8(2)6-12-10-9(3)7-13-14(10)5-4-11/h7-8,12H,4-6H2,1-3H3. The van der Waals surface area contributed by atoms with E-state index in [1.165, 1.54) is 0 Å². The van der Waals surface area contributed by atoms with E-state index < -0.39 is 0 Å². The zero-order valence-electron chi connectivity index (χ0n) is 9.05. The van der Waals surface area contributed by atoms with Gasteiger partial charge in [0, 0.05) is 12.1 Å². The van der Waals surface area contributed by atoms with Gasteiger partial charge < -0.3 is 5.32 Å². The predicted octanol–water partition coefficient (Wildman–Crippen LogP) is 2.23. The van der Waals surface area contributed by atoms with Gasteiger partial charge in [0.25, 0.3) is 0 Å². The first-order valence-corrected chi connectivity index (χ1v) is 4.97. The van der Waals surface area contributed by atoms with Crippen LogP contribution in [0, 0.1) is 12.8 Å². The Balaban J connectivity index is 2.67. The van der Waals surface area contributed by atoms with Crippen molar-refractivity contribution >= 4 is 5.82 Å². The summed E-state index contributed by atoms with van der Waals surface area (Å²) in [7, 11) is 0. The molecule has 80 valence electrons. The van der Waals surface area contributed by atoms with Gasteiger partial charge >= 0.3 is 0 Å². The lowest BCUT2D eigenvalue weighted by atomic mass is 10.2. The predicted molar refractivity (Wildman–Crippen MR) is 56.3 cm³/mol. The van der Waals surface area contributed by atoms with Gasteiger partial charge in [-0.05, 0) is 12.8 Å². The fourth-order valence-electron chi connectivity index (χ4n) is 1.26. The summed E-state index contributed by atoms with van der Waals surface area (Å²) in [6, 6.07) is 0. The van der Waals surface area contributed by atoms with Gasteiger partial charge in [-0.1, -0.05) is 13.8 Å². The molecular weight excluding hydrogens is 181 g/mol. The van der Waals surface area contributed by atoms with Crippen LogP contribution >= 0.6 is 0 Å². The molecule has 4 heteroatoms. The van der Waals surface area contributed by atoms with E-state index in [2.05, 4.69) is 24.3 Å². The average Bonchev–Trinajstić information content (AvgIpc) is 2.45. The normalized spacial score (nSPS) is 10.9. The Hall–Kier alpha value is -1.06. The molecule has 0 saturated carbocycles. The van der Waals surface area contributed by atoms with Crippen LogP contribution < -0.4 is 5.32 Å². The fourth-order valence-corrected chi connectivity index (χ4v) is 1.26. The maximum Gasteiger partial charge on any atom is 0.127 e. The molecule has 0 spiro atoms. The molecule has 0 bridgehead atoms. The highest BCUT2D eigenvalue weighted by atomic mass is 19.1. The highest BCUT2D eigenvalue weighted by Gasteiger charge is 2.06. The molecule has 0 aromatic carbocycles. The lowest BCUT2D eigenvalue weighted by Gasteiger charge is -2.11. The number of aryl methyl sites for hydroxylation is 2. The molecule has 1 aromatic heterocycles. The molecule has 0 atom stereocenters. The van der Waals surface area contributed by atoms with Crippen molar-refractivity contribution in [3.8, 4) is 0 Å². The molecule has 0 aliphatic heterocycles. The molecule has 0 aliphatic carbocycles. The van der Waals surface area contributed by atoms with Crippen molar-refractivity contribution < 1.29 is 4.39 Å². The molecule has 0 fully saturated rings. The highest BCUT2D eigenvalue weighted by molar-refractivity contribution is 5.42. The number of aromatic nitrogens is 2. The molecule has 0 aliphatic rings. The SMILES string of the molecule is Cc1cnn(CCF)c1NCC(C)C. The molecule has 0 saturated heterocycles. The summed E-state index contributed by atoms with van der Waals surface area (Å²) in [5, 5.41) is 7.38. The van der Waals surface area contributed by atoms with E-state index in [1.807, 2.05) is 6.92 Å². The zero-order chi connectivity index (χ0) is 10.6. The summed E-state index contributed by atoms with van der Waals surface area (Å²) < 4.78 is 13.9. The Labute approximate surface area is 84.3 Å². The van der Waals surface area contributed by atoms with Gasteiger partial charge in [0.05, 0.1) is 12.7 Å². The van der Waals surface area contributed by atoms with Gasteiger partial charge in [0.15, 0.2) is 0 Å². The van der Waals surface area contributed by atoms with E-state index in [9.17, 15) is 4.39 Å². The number of nitrogens with one attached hydrogen (secondary N) is 1. The van der Waals surface area contributed by atoms with E-state index in [4.69, 9.17) is 0 Å². The third kappa shape index (κ3) is 2.72. The zero-order valence-corrected chi connectivity index (χ0v) is 9.05. The Bertz CT molecular complexity index is 281. The monoisotopic (exact) mass is 199 g/mol. The second kappa shape index (κ2) is 4.98. The van der Waals surface area contributed by atoms with Crippen molar-refractivity contribution in [2.45, 2.75) is 27.3 Å². The summed E-state index contributed by atoms with van der Waals surface area (Å²) >= 11 is 0. The van der Waals surface area contributed by atoms with E-state index in [0.717, 1.165) is 17.9 Å². The summed E-state index contributed by atoms with van der Waals surface area (Å²) in [4.78, 5) is 0. The van der Waals surface area contributed by atoms with Gasteiger partial charge in [-0.3, -0.25) is 0 Å². The quantitative estimate of drug-likeness (QED) is 0.788. The van der Waals surface area contributed by atoms with Crippen LogP contribution in [0.1, 0.15) is 19.4 Å². The van der Waals surface area contributed by atoms with Crippen molar-refractivity contribution in [2.24, 2.45) is 5.92 Å². The molecule has 14 heavy (non-hydrogen) atoms. The number of rotatable bonds is 5. The van der Waals surface area contributed by atoms with E-state index in [-0.39, 0.29) is 6.67 Å². The Morgan fingerprint density at radius 1 is 1.57 bits per heavy atom. The first kappa shape index (κ1) is 11.0. The molecule has 0 unspecified atom stereocenters. The summed E-state index contributed by atoms with van der Waals surface area (Å²) in [6.45, 7) is 7.09. The van der Waals surface area contributed by atoms with Crippen LogP contribution in [0.4, 0.5) is 10.2 Å². The number of hydrogen-bond acceptors (Lipinski definition) is 2. The van der Waals surface area contributed by atoms with Gasteiger partial charge in [0.2, 0.25) is 0 Å². The summed E-state index contributed by atoms with van der Waals surface area (Å²) in [5.41, 5.74) is 1.07. The van der Waals surface area contributed by atoms with Gasteiger partial charge in [-0.25, -0.2) is 9.07 Å². The topological polar surface area (TPSA) is 29.9 Å². The van der Waals surface area contributed by atoms with Crippen molar-refractivity contribution in [1.82, 2.24) is 9.78 Å². The maximum absolute atomic E-state index is 12.2. The Kier molecular flexibility index (Phi) is 3.92. The molecule has 1 heterocycles. The van der Waals surface area contributed by atoms with Crippen LogP contribution in [0.2, 0.25) is 0 Å². The second-order valence-corrected chi connectivity index (χ2v) is 3.86. The minimum Gasteiger partial charge on any atom is -0.370 e. The first-order chi connectivity index (χ1) is 6.65. The minimum absolute atomic E-state index is 0.328. The first-order valence-electron chi connectivity index (χ1n) is 4.97. The number of hydrogen-bond donors (Lipinski definition) is 1. The largest absolute Gasteiger partial charge is 0.370 e. The minimum atomic E-state index is -0.378. The van der Waals surface area contributed by atoms with Crippen LogP contribution in [0.5, 0.6) is 0 Å². The van der Waals surface area contributed by atoms with E-state index >= 15 is 0 Å². The number of nitrogens with zero attached hydrogens (tertiary/aromatic N) is 2. The van der Waals surface area contributed by atoms with Gasteiger partial charge in [0.1, 0.15) is 12.5 Å². The highest BCUT2D eigenvalue weighted by Crippen LogP contribution is 2.14. The second-order valence-electron chi connectivity index (χ2n) is 3.86. The fraction of sp³-hybridized carbons (Fsp3) is 0.700. The third-order valence-electron chi connectivity index (χ3n) is 2.00. The lowest BCUT2D eigenvalue weighted by Crippen LogP contribution is -2.14. The van der Waals surface area contributed by atoms with Crippen molar-refractivity contribution in [3.05, 3.63) is 11.8 Å². The maximum atomic E-state index is 12.2. The van der Waals surface area contributed by atoms with E-state index in [0.29, 0.717) is 12.5 Å². The lowest BCUT2D eigenvalue weighted by molar-refractivity contribution is 0.429. The molecule has 1 N–H and O–H groups in total. The molecular formula is C10H18FN3. The van der Waals surface area contributed by atoms with Crippen LogP contribution in [0.3, 0.4) is 0 Å². The molecule has 0 radical (unpaired) electrons. The Morgan fingerprint density at radius 2 is 2.29 bits per heavy atom. The average molecular weight is 199 g/mol. The smallest absolute Gasteiger partial charge is 0.127 e. The number of alkyl halides is 1. The van der Waals surface area contributed by atoms with Gasteiger partial charge in [-0.2, -0.15) is 5.10 Å². The molecule has 3 nitrogen and oxygen atoms in total. The number of halogens is 1. The van der Waals surface area contributed by atoms with Crippen LogP contribution in [0.25, 0.3) is 0 Å². The van der Waals surface area contributed by atoms with Crippen molar-refractivity contribution in [2.75, 3.05) is 18.5 Å². The van der Waals surface area contributed by atoms with Crippen LogP contribution in [-0.2, 0) is 6.54 Å². The molecule has 1 rings (SSSR count). The third-order valence-corrected chi connectivity index (χ3v) is 2.00. The van der Waals surface area contributed by atoms with Gasteiger partial charge in [-0.15, -0.1) is 0 Å². The summed E-state index contributed by atoms with van der Waals surface area (Å²) in [5.74, 6) is 1.51. The van der Waals surface area contributed by atoms with Crippen molar-refractivity contribution in [1.29, 1.82) is 0 Å². The number of anilines is 1. The van der Waals surface area contributed by atoms with Crippen molar-refractivity contribution in [3.63, 3.8) is 0 Å². The van der Waals surface area contributed by atoms with E-state index in [1.54, 1.807) is 10.9 Å².